The van der Waals surface area contributed by atoms with Gasteiger partial charge in [0.15, 0.2) is 0 Å². The molecule has 0 aromatic heterocycles. The number of phenolic OH excluding ortho intramolecular Hbond substituents is 1. The van der Waals surface area contributed by atoms with Crippen LogP contribution in [0.5, 0.6) is 5.75 Å². The van der Waals surface area contributed by atoms with Gasteiger partial charge in [0.05, 0.1) is 0 Å². The van der Waals surface area contributed by atoms with Gasteiger partial charge in [-0.3, -0.25) is 11.3 Å². The molecule has 0 fully saturated rings. The Bertz CT molecular complexity index is 273. The molecule has 0 saturated heterocycles. The Balaban J connectivity index is 3.01. The van der Waals surface area contributed by atoms with Crippen molar-refractivity contribution < 1.29 is 5.11 Å². The number of aromatic hydroxyl groups is 1. The van der Waals surface area contributed by atoms with Crippen molar-refractivity contribution in [3.05, 3.63) is 29.3 Å². The van der Waals surface area contributed by atoms with Crippen molar-refractivity contribution in [3.63, 3.8) is 0 Å². The number of hydrogen-bond donors (Lipinski definition) is 3. The van der Waals surface area contributed by atoms with Crippen LogP contribution in [0.1, 0.15) is 24.1 Å². The van der Waals surface area contributed by atoms with E-state index >= 15 is 0 Å². The molecule has 0 unspecified atom stereocenters. The zero-order valence-corrected chi connectivity index (χ0v) is 7.33. The molecule has 3 heteroatoms. The van der Waals surface area contributed by atoms with Crippen LogP contribution in [-0.2, 0) is 0 Å². The topological polar surface area (TPSA) is 58.3 Å². The maximum Gasteiger partial charge on any atom is 0.115 e. The molecular formula is C9H14N2O. The molecule has 0 bridgehead atoms. The largest absolute Gasteiger partial charge is 0.508 e. The van der Waals surface area contributed by atoms with E-state index in [0.29, 0.717) is 5.75 Å². The molecule has 4 N–H and O–H groups in total. The molecule has 1 atom stereocenters. The first-order valence-electron chi connectivity index (χ1n) is 3.91. The van der Waals surface area contributed by atoms with Crippen molar-refractivity contribution in [1.82, 2.24) is 5.43 Å². The Hall–Kier alpha value is -1.06. The van der Waals surface area contributed by atoms with Gasteiger partial charge in [0.25, 0.3) is 0 Å². The molecule has 0 saturated carbocycles. The molecule has 0 aliphatic carbocycles. The molecule has 66 valence electrons. The summed E-state index contributed by atoms with van der Waals surface area (Å²) in [5.41, 5.74) is 4.81. The quantitative estimate of drug-likeness (QED) is 0.457. The molecule has 0 heterocycles. The van der Waals surface area contributed by atoms with Crippen molar-refractivity contribution in [3.8, 4) is 5.75 Å². The van der Waals surface area contributed by atoms with Gasteiger partial charge in [0.1, 0.15) is 5.75 Å². The van der Waals surface area contributed by atoms with E-state index in [4.69, 9.17) is 10.9 Å². The summed E-state index contributed by atoms with van der Waals surface area (Å²) in [6, 6.07) is 5.37. The fraction of sp³-hybridized carbons (Fsp3) is 0.333. The maximum absolute atomic E-state index is 9.14. The summed E-state index contributed by atoms with van der Waals surface area (Å²) in [6.45, 7) is 3.92. The first kappa shape index (κ1) is 9.03. The van der Waals surface area contributed by atoms with Gasteiger partial charge in [-0.25, -0.2) is 0 Å². The summed E-state index contributed by atoms with van der Waals surface area (Å²) < 4.78 is 0. The SMILES string of the molecule is Cc1cc(O)ccc1[C@H](C)NN. The Morgan fingerprint density at radius 1 is 1.50 bits per heavy atom. The summed E-state index contributed by atoms with van der Waals surface area (Å²) in [6.07, 6.45) is 0. The molecular weight excluding hydrogens is 152 g/mol. The van der Waals surface area contributed by atoms with Gasteiger partial charge in [-0.05, 0) is 37.1 Å². The Kier molecular flexibility index (Phi) is 2.68. The van der Waals surface area contributed by atoms with Crippen molar-refractivity contribution in [2.24, 2.45) is 5.84 Å². The molecule has 0 aliphatic heterocycles. The summed E-state index contributed by atoms with van der Waals surface area (Å²) in [4.78, 5) is 0. The lowest BCUT2D eigenvalue weighted by Gasteiger charge is -2.13. The molecule has 0 radical (unpaired) electrons. The summed E-state index contributed by atoms with van der Waals surface area (Å²) in [5, 5.41) is 9.14. The second-order valence-corrected chi connectivity index (χ2v) is 2.93. The monoisotopic (exact) mass is 166 g/mol. The molecule has 3 nitrogen and oxygen atoms in total. The smallest absolute Gasteiger partial charge is 0.115 e. The first-order chi connectivity index (χ1) is 5.65. The Labute approximate surface area is 72.2 Å². The van der Waals surface area contributed by atoms with Crippen LogP contribution in [0.25, 0.3) is 0 Å². The van der Waals surface area contributed by atoms with Crippen LogP contribution >= 0.6 is 0 Å². The number of phenols is 1. The fourth-order valence-electron chi connectivity index (χ4n) is 1.24. The minimum atomic E-state index is 0.116. The lowest BCUT2D eigenvalue weighted by atomic mass is 10.0. The van der Waals surface area contributed by atoms with E-state index in [1.165, 1.54) is 0 Å². The van der Waals surface area contributed by atoms with Gasteiger partial charge in [0.2, 0.25) is 0 Å². The van der Waals surface area contributed by atoms with Gasteiger partial charge in [-0.2, -0.15) is 0 Å². The highest BCUT2D eigenvalue weighted by Gasteiger charge is 2.05. The summed E-state index contributed by atoms with van der Waals surface area (Å²) in [7, 11) is 0. The molecule has 1 aromatic rings. The van der Waals surface area contributed by atoms with E-state index in [9.17, 15) is 0 Å². The number of rotatable bonds is 2. The number of nitrogens with two attached hydrogens (primary N) is 1. The van der Waals surface area contributed by atoms with Gasteiger partial charge in [0, 0.05) is 6.04 Å². The van der Waals surface area contributed by atoms with Crippen LogP contribution in [0.3, 0.4) is 0 Å². The minimum absolute atomic E-state index is 0.116. The summed E-state index contributed by atoms with van der Waals surface area (Å²) >= 11 is 0. The van der Waals surface area contributed by atoms with Crippen molar-refractivity contribution >= 4 is 0 Å². The molecule has 1 rings (SSSR count). The highest BCUT2D eigenvalue weighted by atomic mass is 16.3. The summed E-state index contributed by atoms with van der Waals surface area (Å²) in [5.74, 6) is 5.59. The van der Waals surface area contributed by atoms with Crippen LogP contribution in [0.4, 0.5) is 0 Å². The van der Waals surface area contributed by atoms with Crippen LogP contribution < -0.4 is 11.3 Å². The van der Waals surface area contributed by atoms with Gasteiger partial charge in [-0.15, -0.1) is 0 Å². The van der Waals surface area contributed by atoms with E-state index in [0.717, 1.165) is 11.1 Å². The average molecular weight is 166 g/mol. The van der Waals surface area contributed by atoms with Gasteiger partial charge < -0.3 is 5.11 Å². The second-order valence-electron chi connectivity index (χ2n) is 2.93. The zero-order valence-electron chi connectivity index (χ0n) is 7.33. The van der Waals surface area contributed by atoms with Gasteiger partial charge in [-0.1, -0.05) is 6.07 Å². The number of benzene rings is 1. The van der Waals surface area contributed by atoms with E-state index in [-0.39, 0.29) is 6.04 Å². The molecule has 1 aromatic carbocycles. The normalized spacial score (nSPS) is 12.9. The van der Waals surface area contributed by atoms with Crippen molar-refractivity contribution in [1.29, 1.82) is 0 Å². The molecule has 0 spiro atoms. The third-order valence-corrected chi connectivity index (χ3v) is 1.97. The van der Waals surface area contributed by atoms with Gasteiger partial charge >= 0.3 is 0 Å². The van der Waals surface area contributed by atoms with E-state index in [1.807, 2.05) is 19.9 Å². The van der Waals surface area contributed by atoms with E-state index < -0.39 is 0 Å². The Morgan fingerprint density at radius 2 is 2.17 bits per heavy atom. The highest BCUT2D eigenvalue weighted by molar-refractivity contribution is 5.35. The zero-order chi connectivity index (χ0) is 9.14. The fourth-order valence-corrected chi connectivity index (χ4v) is 1.24. The molecule has 12 heavy (non-hydrogen) atoms. The lowest BCUT2D eigenvalue weighted by molar-refractivity contribution is 0.474. The van der Waals surface area contributed by atoms with Crippen LogP contribution in [-0.4, -0.2) is 5.11 Å². The number of hydrogen-bond acceptors (Lipinski definition) is 3. The molecule has 0 aliphatic rings. The second kappa shape index (κ2) is 3.56. The molecule has 0 amide bonds. The standard InChI is InChI=1S/C9H14N2O/c1-6-5-8(12)3-4-9(6)7(2)11-10/h3-5,7,11-12H,10H2,1-2H3/t7-/m0/s1. The first-order valence-corrected chi connectivity index (χ1v) is 3.91. The van der Waals surface area contributed by atoms with E-state index in [2.05, 4.69) is 5.43 Å². The Morgan fingerprint density at radius 3 is 2.67 bits per heavy atom. The minimum Gasteiger partial charge on any atom is -0.508 e. The predicted octanol–water partition coefficient (Wildman–Crippen LogP) is 1.22. The van der Waals surface area contributed by atoms with Crippen LogP contribution in [0.15, 0.2) is 18.2 Å². The van der Waals surface area contributed by atoms with Crippen LogP contribution in [0, 0.1) is 6.92 Å². The highest BCUT2D eigenvalue weighted by Crippen LogP contribution is 2.20. The predicted molar refractivity (Wildman–Crippen MR) is 48.6 cm³/mol. The van der Waals surface area contributed by atoms with Crippen molar-refractivity contribution in [2.45, 2.75) is 19.9 Å². The average Bonchev–Trinajstić information content (AvgIpc) is 2.03. The lowest BCUT2D eigenvalue weighted by Crippen LogP contribution is -2.26. The third kappa shape index (κ3) is 1.75. The third-order valence-electron chi connectivity index (χ3n) is 1.97. The number of hydrazine groups is 1. The van der Waals surface area contributed by atoms with E-state index in [1.54, 1.807) is 12.1 Å². The number of nitrogens with one attached hydrogen (secondary N) is 1. The number of aryl methyl sites for hydroxylation is 1. The van der Waals surface area contributed by atoms with Crippen LogP contribution in [0.2, 0.25) is 0 Å². The van der Waals surface area contributed by atoms with Crippen molar-refractivity contribution in [2.75, 3.05) is 0 Å². The maximum atomic E-state index is 9.14.